The van der Waals surface area contributed by atoms with Crippen LogP contribution in [0, 0.1) is 5.92 Å². The third-order valence-electron chi connectivity index (χ3n) is 4.95. The van der Waals surface area contributed by atoms with E-state index in [2.05, 4.69) is 23.7 Å². The number of carbonyl (C=O) groups excluding carboxylic acids is 1. The average Bonchev–Trinajstić information content (AvgIpc) is 3.10. The van der Waals surface area contributed by atoms with Crippen molar-refractivity contribution in [1.82, 2.24) is 4.98 Å². The van der Waals surface area contributed by atoms with Crippen LogP contribution in [-0.4, -0.2) is 42.9 Å². The molecule has 2 aliphatic rings. The van der Waals surface area contributed by atoms with E-state index in [-0.39, 0.29) is 5.97 Å². The highest BCUT2D eigenvalue weighted by atomic mass is 16.5. The van der Waals surface area contributed by atoms with Gasteiger partial charge in [0.2, 0.25) is 0 Å². The topological polar surface area (TPSA) is 51.7 Å². The largest absolute Gasteiger partial charge is 0.465 e. The predicted octanol–water partition coefficient (Wildman–Crippen LogP) is 2.65. The van der Waals surface area contributed by atoms with Crippen LogP contribution in [0.1, 0.15) is 43.5 Å². The highest BCUT2D eigenvalue weighted by Gasteiger charge is 2.50. The van der Waals surface area contributed by atoms with Crippen LogP contribution in [0.5, 0.6) is 0 Å². The van der Waals surface area contributed by atoms with E-state index in [0.717, 1.165) is 25.3 Å². The van der Waals surface area contributed by atoms with E-state index in [1.807, 2.05) is 6.07 Å². The smallest absolute Gasteiger partial charge is 0.339 e. The second-order valence-electron chi connectivity index (χ2n) is 6.24. The van der Waals surface area contributed by atoms with Gasteiger partial charge in [0.1, 0.15) is 5.82 Å². The fraction of sp³-hybridized carbons (Fsp3) is 0.647. The van der Waals surface area contributed by atoms with Crippen molar-refractivity contribution in [1.29, 1.82) is 0 Å². The van der Waals surface area contributed by atoms with Gasteiger partial charge in [-0.3, -0.25) is 0 Å². The molecule has 1 aromatic heterocycles. The lowest BCUT2D eigenvalue weighted by atomic mass is 9.97. The maximum absolute atomic E-state index is 11.5. The van der Waals surface area contributed by atoms with Gasteiger partial charge in [0, 0.05) is 30.8 Å². The van der Waals surface area contributed by atoms with Gasteiger partial charge in [0.25, 0.3) is 0 Å². The Morgan fingerprint density at radius 2 is 2.23 bits per heavy atom. The highest BCUT2D eigenvalue weighted by Crippen LogP contribution is 2.45. The average molecular weight is 304 g/mol. The molecule has 22 heavy (non-hydrogen) atoms. The molecular formula is C17H24N2O3. The van der Waals surface area contributed by atoms with Gasteiger partial charge >= 0.3 is 5.97 Å². The predicted molar refractivity (Wildman–Crippen MR) is 84.1 cm³/mol. The molecule has 1 aliphatic carbocycles. The number of aromatic nitrogens is 1. The molecule has 0 aromatic carbocycles. The summed E-state index contributed by atoms with van der Waals surface area (Å²) in [5.41, 5.74) is 0.493. The lowest BCUT2D eigenvalue weighted by Gasteiger charge is -2.38. The maximum Gasteiger partial charge on any atom is 0.339 e. The molecule has 0 radical (unpaired) electrons. The number of esters is 1. The Balaban J connectivity index is 1.71. The number of carbonyl (C=O) groups is 1. The van der Waals surface area contributed by atoms with Crippen molar-refractivity contribution < 1.29 is 14.3 Å². The lowest BCUT2D eigenvalue weighted by Crippen LogP contribution is -2.45. The molecule has 0 spiro atoms. The fourth-order valence-electron chi connectivity index (χ4n) is 3.91. The van der Waals surface area contributed by atoms with Crippen molar-refractivity contribution in [2.24, 2.45) is 5.92 Å². The Morgan fingerprint density at radius 3 is 2.82 bits per heavy atom. The minimum absolute atomic E-state index is 0.344. The summed E-state index contributed by atoms with van der Waals surface area (Å²) in [4.78, 5) is 18.3. The van der Waals surface area contributed by atoms with Gasteiger partial charge in [-0.25, -0.2) is 9.78 Å². The van der Waals surface area contributed by atoms with E-state index in [4.69, 9.17) is 9.47 Å². The van der Waals surface area contributed by atoms with Gasteiger partial charge < -0.3 is 14.4 Å². The minimum Gasteiger partial charge on any atom is -0.465 e. The van der Waals surface area contributed by atoms with Crippen LogP contribution in [0.4, 0.5) is 5.82 Å². The molecular weight excluding hydrogens is 280 g/mol. The van der Waals surface area contributed by atoms with E-state index in [0.29, 0.717) is 29.7 Å². The van der Waals surface area contributed by atoms with E-state index in [9.17, 15) is 4.79 Å². The van der Waals surface area contributed by atoms with E-state index < -0.39 is 0 Å². The molecule has 2 fully saturated rings. The third-order valence-corrected chi connectivity index (χ3v) is 4.95. The Bertz CT molecular complexity index is 529. The van der Waals surface area contributed by atoms with Crippen LogP contribution in [0.3, 0.4) is 0 Å². The molecule has 2 heterocycles. The zero-order chi connectivity index (χ0) is 15.7. The first kappa shape index (κ1) is 15.3. The number of fused-ring (bicyclic) bond motifs is 2. The van der Waals surface area contributed by atoms with Crippen molar-refractivity contribution in [2.45, 2.75) is 51.3 Å². The summed E-state index contributed by atoms with van der Waals surface area (Å²) in [6.45, 7) is 5.25. The Morgan fingerprint density at radius 1 is 1.41 bits per heavy atom. The van der Waals surface area contributed by atoms with Crippen LogP contribution in [0.2, 0.25) is 0 Å². The van der Waals surface area contributed by atoms with Crippen molar-refractivity contribution in [2.75, 3.05) is 18.6 Å². The summed E-state index contributed by atoms with van der Waals surface area (Å²) in [7, 11) is 1.38. The van der Waals surface area contributed by atoms with Crippen LogP contribution in [0.15, 0.2) is 18.3 Å². The molecule has 1 saturated heterocycles. The van der Waals surface area contributed by atoms with Crippen LogP contribution < -0.4 is 4.90 Å². The Kier molecular flexibility index (Phi) is 4.34. The lowest BCUT2D eigenvalue weighted by molar-refractivity contribution is 0.0156. The molecule has 4 unspecified atom stereocenters. The number of pyridine rings is 1. The molecule has 1 saturated carbocycles. The van der Waals surface area contributed by atoms with Gasteiger partial charge in [0.05, 0.1) is 18.8 Å². The number of hydrogen-bond donors (Lipinski definition) is 0. The number of nitrogens with zero attached hydrogens (tertiary/aromatic N) is 2. The standard InChI is InChI=1S/C17H24N2O3/c1-4-7-22-15-9-13-8-14(15)11(2)19(13)16-6-5-12(10-18-16)17(20)21-3/h5-6,10-11,13-15H,4,7-9H2,1-3H3. The number of hydrogen-bond acceptors (Lipinski definition) is 5. The number of rotatable bonds is 5. The Hall–Kier alpha value is -1.62. The molecule has 1 aromatic rings. The van der Waals surface area contributed by atoms with Crippen LogP contribution >= 0.6 is 0 Å². The molecule has 0 N–H and O–H groups in total. The number of ether oxygens (including phenoxy) is 2. The quantitative estimate of drug-likeness (QED) is 0.783. The first-order chi connectivity index (χ1) is 10.7. The van der Waals surface area contributed by atoms with Crippen molar-refractivity contribution in [3.8, 4) is 0 Å². The van der Waals surface area contributed by atoms with Gasteiger partial charge in [-0.1, -0.05) is 6.92 Å². The SMILES string of the molecule is CCCOC1CC2CC1C(C)N2c1ccc(C(=O)OC)cn1. The molecule has 3 rings (SSSR count). The molecule has 120 valence electrons. The summed E-state index contributed by atoms with van der Waals surface area (Å²) < 4.78 is 10.7. The van der Waals surface area contributed by atoms with E-state index in [1.54, 1.807) is 12.3 Å². The molecule has 1 aliphatic heterocycles. The Labute approximate surface area is 131 Å². The van der Waals surface area contributed by atoms with Crippen LogP contribution in [-0.2, 0) is 9.47 Å². The third kappa shape index (κ3) is 2.58. The van der Waals surface area contributed by atoms with Crippen molar-refractivity contribution in [3.63, 3.8) is 0 Å². The first-order valence-electron chi connectivity index (χ1n) is 8.10. The van der Waals surface area contributed by atoms with Crippen LogP contribution in [0.25, 0.3) is 0 Å². The monoisotopic (exact) mass is 304 g/mol. The zero-order valence-corrected chi connectivity index (χ0v) is 13.5. The van der Waals surface area contributed by atoms with Gasteiger partial charge in [-0.15, -0.1) is 0 Å². The molecule has 2 bridgehead atoms. The number of anilines is 1. The second-order valence-corrected chi connectivity index (χ2v) is 6.24. The normalized spacial score (nSPS) is 29.9. The summed E-state index contributed by atoms with van der Waals surface area (Å²) in [6.07, 6.45) is 5.32. The number of methoxy groups -OCH3 is 1. The maximum atomic E-state index is 11.5. The van der Waals surface area contributed by atoms with Gasteiger partial charge in [0.15, 0.2) is 0 Å². The molecule has 5 nitrogen and oxygen atoms in total. The summed E-state index contributed by atoms with van der Waals surface area (Å²) in [5, 5.41) is 0. The van der Waals surface area contributed by atoms with Gasteiger partial charge in [-0.05, 0) is 38.3 Å². The second kappa shape index (κ2) is 6.24. The van der Waals surface area contributed by atoms with E-state index >= 15 is 0 Å². The minimum atomic E-state index is -0.344. The summed E-state index contributed by atoms with van der Waals surface area (Å²) in [6, 6.07) is 4.64. The summed E-state index contributed by atoms with van der Waals surface area (Å²) in [5.74, 6) is 1.18. The zero-order valence-electron chi connectivity index (χ0n) is 13.5. The summed E-state index contributed by atoms with van der Waals surface area (Å²) >= 11 is 0. The fourth-order valence-corrected chi connectivity index (χ4v) is 3.91. The molecule has 0 amide bonds. The highest BCUT2D eigenvalue weighted by molar-refractivity contribution is 5.89. The molecule has 5 heteroatoms. The first-order valence-corrected chi connectivity index (χ1v) is 8.10. The van der Waals surface area contributed by atoms with Crippen molar-refractivity contribution in [3.05, 3.63) is 23.9 Å². The van der Waals surface area contributed by atoms with E-state index in [1.165, 1.54) is 13.5 Å². The molecule has 4 atom stereocenters. The van der Waals surface area contributed by atoms with Gasteiger partial charge in [-0.2, -0.15) is 0 Å². The number of piperidine rings is 1. The van der Waals surface area contributed by atoms with Crippen molar-refractivity contribution >= 4 is 11.8 Å².